The van der Waals surface area contributed by atoms with E-state index in [1.165, 1.54) is 0 Å². The first-order chi connectivity index (χ1) is 17.8. The molecular formula is C28H37Cl2N5O2. The van der Waals surface area contributed by atoms with E-state index in [4.69, 9.17) is 23.2 Å². The topological polar surface area (TPSA) is 68.8 Å². The number of benzene rings is 1. The van der Waals surface area contributed by atoms with Gasteiger partial charge >= 0.3 is 0 Å². The minimum Gasteiger partial charge on any atom is -0.353 e. The number of hydrogen-bond donors (Lipinski definition) is 1. The Morgan fingerprint density at radius 1 is 1.05 bits per heavy atom. The van der Waals surface area contributed by atoms with Gasteiger partial charge in [-0.2, -0.15) is 0 Å². The van der Waals surface area contributed by atoms with Crippen LogP contribution in [0.1, 0.15) is 67.2 Å². The van der Waals surface area contributed by atoms with E-state index in [0.717, 1.165) is 64.2 Å². The first kappa shape index (κ1) is 27.7. The fourth-order valence-corrected chi connectivity index (χ4v) is 5.85. The quantitative estimate of drug-likeness (QED) is 0.522. The Labute approximate surface area is 230 Å². The van der Waals surface area contributed by atoms with E-state index in [9.17, 15) is 9.59 Å². The smallest absolute Gasteiger partial charge is 0.253 e. The molecule has 0 spiro atoms. The molecule has 2 aromatic rings. The van der Waals surface area contributed by atoms with Gasteiger partial charge in [0.2, 0.25) is 0 Å². The molecule has 0 aliphatic carbocycles. The van der Waals surface area contributed by atoms with Gasteiger partial charge in [-0.3, -0.25) is 14.5 Å². The zero-order valence-corrected chi connectivity index (χ0v) is 23.4. The van der Waals surface area contributed by atoms with Crippen LogP contribution in [0.25, 0.3) is 0 Å². The van der Waals surface area contributed by atoms with Crippen molar-refractivity contribution in [1.29, 1.82) is 0 Å². The molecule has 0 radical (unpaired) electrons. The van der Waals surface area contributed by atoms with Crippen molar-refractivity contribution in [3.63, 3.8) is 0 Å². The molecule has 3 heterocycles. The van der Waals surface area contributed by atoms with E-state index >= 15 is 0 Å². The van der Waals surface area contributed by atoms with Gasteiger partial charge in [-0.1, -0.05) is 36.5 Å². The number of piperazine rings is 1. The molecule has 2 aliphatic heterocycles. The number of nitrogens with one attached hydrogen (secondary N) is 1. The lowest BCUT2D eigenvalue weighted by atomic mass is 9.97. The van der Waals surface area contributed by atoms with E-state index in [-0.39, 0.29) is 17.9 Å². The molecule has 2 fully saturated rings. The standard InChI is InChI=1S/C28H37Cl2N5O2/c1-4-5-24-18-34(26-25(30)16-21(17-31-26)27(36)32-19(2)3)14-15-35(24)23-10-12-33(13-11-23)28(37)20-6-8-22(29)9-7-20/h6-9,16-17,19,23-24H,4-5,10-15,18H2,1-3H3,(H,32,36)/t24-/m0/s1. The van der Waals surface area contributed by atoms with Crippen molar-refractivity contribution in [3.8, 4) is 0 Å². The number of amides is 2. The molecule has 4 rings (SSSR count). The summed E-state index contributed by atoms with van der Waals surface area (Å²) in [5.41, 5.74) is 1.17. The molecule has 0 bridgehead atoms. The molecule has 2 saturated heterocycles. The predicted octanol–water partition coefficient (Wildman–Crippen LogP) is 5.12. The molecule has 1 aromatic carbocycles. The van der Waals surface area contributed by atoms with Crippen LogP contribution in [-0.2, 0) is 0 Å². The first-order valence-electron chi connectivity index (χ1n) is 13.3. The average molecular weight is 547 g/mol. The lowest BCUT2D eigenvalue weighted by molar-refractivity contribution is 0.0481. The van der Waals surface area contributed by atoms with E-state index in [0.29, 0.717) is 33.3 Å². The van der Waals surface area contributed by atoms with Crippen molar-refractivity contribution in [3.05, 3.63) is 57.7 Å². The van der Waals surface area contributed by atoms with Crippen LogP contribution in [0.4, 0.5) is 5.82 Å². The summed E-state index contributed by atoms with van der Waals surface area (Å²) < 4.78 is 0. The average Bonchev–Trinajstić information content (AvgIpc) is 2.88. The number of rotatable bonds is 7. The lowest BCUT2D eigenvalue weighted by Gasteiger charge is -2.48. The first-order valence-corrected chi connectivity index (χ1v) is 14.0. The van der Waals surface area contributed by atoms with Gasteiger partial charge in [-0.25, -0.2) is 4.98 Å². The second-order valence-corrected chi connectivity index (χ2v) is 11.2. The van der Waals surface area contributed by atoms with Gasteiger partial charge in [-0.05, 0) is 63.4 Å². The zero-order chi connectivity index (χ0) is 26.5. The Bertz CT molecular complexity index is 1090. The van der Waals surface area contributed by atoms with E-state index < -0.39 is 0 Å². The van der Waals surface area contributed by atoms with Crippen LogP contribution in [0, 0.1) is 0 Å². The summed E-state index contributed by atoms with van der Waals surface area (Å²) >= 11 is 12.6. The molecule has 1 atom stereocenters. The van der Waals surface area contributed by atoms with Gasteiger partial charge in [0, 0.05) is 67.6 Å². The number of carbonyl (C=O) groups is 2. The van der Waals surface area contributed by atoms with Gasteiger partial charge < -0.3 is 15.1 Å². The van der Waals surface area contributed by atoms with Crippen molar-refractivity contribution in [2.75, 3.05) is 37.6 Å². The predicted molar refractivity (Wildman–Crippen MR) is 150 cm³/mol. The summed E-state index contributed by atoms with van der Waals surface area (Å²) in [4.78, 5) is 36.7. The molecule has 7 nitrogen and oxygen atoms in total. The van der Waals surface area contributed by atoms with Gasteiger partial charge in [0.1, 0.15) is 5.82 Å². The number of anilines is 1. The fraction of sp³-hybridized carbons (Fsp3) is 0.536. The number of halogens is 2. The third-order valence-electron chi connectivity index (χ3n) is 7.27. The fourth-order valence-electron chi connectivity index (χ4n) is 5.44. The maximum Gasteiger partial charge on any atom is 0.253 e. The van der Waals surface area contributed by atoms with Gasteiger partial charge in [0.25, 0.3) is 11.8 Å². The normalized spacial score (nSPS) is 19.4. The number of piperidine rings is 1. The Kier molecular flexibility index (Phi) is 9.32. The second-order valence-electron chi connectivity index (χ2n) is 10.3. The van der Waals surface area contributed by atoms with Crippen LogP contribution < -0.4 is 10.2 Å². The molecule has 200 valence electrons. The van der Waals surface area contributed by atoms with Crippen LogP contribution in [0.5, 0.6) is 0 Å². The van der Waals surface area contributed by atoms with Crippen molar-refractivity contribution in [1.82, 2.24) is 20.1 Å². The number of pyridine rings is 1. The third-order valence-corrected chi connectivity index (χ3v) is 7.80. The number of nitrogens with zero attached hydrogens (tertiary/aromatic N) is 4. The Morgan fingerprint density at radius 2 is 1.76 bits per heavy atom. The Hall–Kier alpha value is -2.35. The number of aromatic nitrogens is 1. The number of likely N-dealkylation sites (tertiary alicyclic amines) is 1. The molecule has 0 unspecified atom stereocenters. The second kappa shape index (κ2) is 12.5. The van der Waals surface area contributed by atoms with Crippen LogP contribution >= 0.6 is 23.2 Å². The third kappa shape index (κ3) is 6.75. The molecule has 2 amide bonds. The summed E-state index contributed by atoms with van der Waals surface area (Å²) in [5.74, 6) is 0.661. The summed E-state index contributed by atoms with van der Waals surface area (Å²) in [6, 6.07) is 9.76. The summed E-state index contributed by atoms with van der Waals surface area (Å²) in [7, 11) is 0. The van der Waals surface area contributed by atoms with Gasteiger partial charge in [-0.15, -0.1) is 0 Å². The molecule has 1 aromatic heterocycles. The number of hydrogen-bond acceptors (Lipinski definition) is 5. The van der Waals surface area contributed by atoms with Crippen molar-refractivity contribution in [2.24, 2.45) is 0 Å². The lowest BCUT2D eigenvalue weighted by Crippen LogP contribution is -2.59. The van der Waals surface area contributed by atoms with Crippen LogP contribution in [0.3, 0.4) is 0 Å². The minimum absolute atomic E-state index is 0.0521. The highest BCUT2D eigenvalue weighted by Gasteiger charge is 2.35. The molecule has 1 N–H and O–H groups in total. The SMILES string of the molecule is CCC[C@H]1CN(c2ncc(C(=O)NC(C)C)cc2Cl)CCN1C1CCN(C(=O)c2ccc(Cl)cc2)CC1. The van der Waals surface area contributed by atoms with Gasteiger partial charge in [0.15, 0.2) is 0 Å². The highest BCUT2D eigenvalue weighted by molar-refractivity contribution is 6.33. The van der Waals surface area contributed by atoms with Crippen LogP contribution in [0.2, 0.25) is 10.0 Å². The van der Waals surface area contributed by atoms with Crippen LogP contribution in [0.15, 0.2) is 36.5 Å². The molecule has 37 heavy (non-hydrogen) atoms. The largest absolute Gasteiger partial charge is 0.353 e. The maximum absolute atomic E-state index is 12.9. The highest BCUT2D eigenvalue weighted by Crippen LogP contribution is 2.30. The molecule has 2 aliphatic rings. The summed E-state index contributed by atoms with van der Waals surface area (Å²) in [6.07, 6.45) is 5.75. The minimum atomic E-state index is -0.162. The van der Waals surface area contributed by atoms with Crippen molar-refractivity contribution < 1.29 is 9.59 Å². The molecular weight excluding hydrogens is 509 g/mol. The van der Waals surface area contributed by atoms with Gasteiger partial charge in [0.05, 0.1) is 10.6 Å². The summed E-state index contributed by atoms with van der Waals surface area (Å²) in [5, 5.41) is 4.03. The Balaban J connectivity index is 1.38. The van der Waals surface area contributed by atoms with E-state index in [1.54, 1.807) is 36.5 Å². The summed E-state index contributed by atoms with van der Waals surface area (Å²) in [6.45, 7) is 10.2. The zero-order valence-electron chi connectivity index (χ0n) is 21.9. The molecule has 0 saturated carbocycles. The van der Waals surface area contributed by atoms with E-state index in [2.05, 4.69) is 27.0 Å². The highest BCUT2D eigenvalue weighted by atomic mass is 35.5. The Morgan fingerprint density at radius 3 is 2.38 bits per heavy atom. The van der Waals surface area contributed by atoms with Crippen LogP contribution in [-0.4, -0.2) is 77.4 Å². The van der Waals surface area contributed by atoms with Crippen molar-refractivity contribution in [2.45, 2.75) is 64.6 Å². The molecule has 9 heteroatoms. The monoisotopic (exact) mass is 545 g/mol. The number of carbonyl (C=O) groups excluding carboxylic acids is 2. The maximum atomic E-state index is 12.9. The van der Waals surface area contributed by atoms with Crippen molar-refractivity contribution >= 4 is 40.8 Å². The van der Waals surface area contributed by atoms with E-state index in [1.807, 2.05) is 18.7 Å².